The lowest BCUT2D eigenvalue weighted by molar-refractivity contribution is -0.124. The number of hydrogen-bond acceptors (Lipinski definition) is 7. The third kappa shape index (κ3) is 5.15. The van der Waals surface area contributed by atoms with Gasteiger partial charge in [-0.15, -0.1) is 0 Å². The Balaban J connectivity index is 1.64. The minimum absolute atomic E-state index is 0.0737. The standard InChI is InChI=1S/C27H34N2O7/c1-16(2)8-9-28-26(30)20-14-29(27(31)17-6-7-21-22(10-17)36-15-35-21)13-19(20)18-11-23(32-3)25(34-5)24(12-18)33-4/h6-7,10-12,16,19-20H,8-9,13-15H2,1-5H3,(H,28,30). The number of nitrogens with one attached hydrogen (secondary N) is 1. The lowest BCUT2D eigenvalue weighted by Crippen LogP contribution is -2.36. The van der Waals surface area contributed by atoms with Crippen molar-refractivity contribution in [3.63, 3.8) is 0 Å². The zero-order chi connectivity index (χ0) is 25.8. The molecule has 0 bridgehead atoms. The second-order valence-electron chi connectivity index (χ2n) is 9.42. The van der Waals surface area contributed by atoms with Crippen molar-refractivity contribution in [1.29, 1.82) is 0 Å². The molecule has 0 aromatic heterocycles. The van der Waals surface area contributed by atoms with Gasteiger partial charge in [0, 0.05) is 31.1 Å². The molecule has 0 spiro atoms. The van der Waals surface area contributed by atoms with E-state index in [-0.39, 0.29) is 24.5 Å². The van der Waals surface area contributed by atoms with E-state index in [0.717, 1.165) is 12.0 Å². The van der Waals surface area contributed by atoms with E-state index >= 15 is 0 Å². The average molecular weight is 499 g/mol. The summed E-state index contributed by atoms with van der Waals surface area (Å²) in [5.41, 5.74) is 1.33. The Morgan fingerprint density at radius 3 is 2.33 bits per heavy atom. The van der Waals surface area contributed by atoms with Crippen molar-refractivity contribution in [2.45, 2.75) is 26.2 Å². The van der Waals surface area contributed by atoms with Gasteiger partial charge in [0.1, 0.15) is 0 Å². The molecule has 0 radical (unpaired) electrons. The van der Waals surface area contributed by atoms with Gasteiger partial charge >= 0.3 is 0 Å². The predicted molar refractivity (Wildman–Crippen MR) is 133 cm³/mol. The van der Waals surface area contributed by atoms with Gasteiger partial charge in [-0.05, 0) is 48.2 Å². The number of nitrogens with zero attached hydrogens (tertiary/aromatic N) is 1. The number of methoxy groups -OCH3 is 3. The number of rotatable bonds is 9. The van der Waals surface area contributed by atoms with Crippen molar-refractivity contribution >= 4 is 11.8 Å². The van der Waals surface area contributed by atoms with Crippen LogP contribution in [0.4, 0.5) is 0 Å². The first-order chi connectivity index (χ1) is 17.4. The van der Waals surface area contributed by atoms with Gasteiger partial charge in [0.25, 0.3) is 5.91 Å². The van der Waals surface area contributed by atoms with Gasteiger partial charge in [-0.25, -0.2) is 0 Å². The van der Waals surface area contributed by atoms with Crippen LogP contribution in [-0.4, -0.2) is 64.5 Å². The number of ether oxygens (including phenoxy) is 5. The first-order valence-electron chi connectivity index (χ1n) is 12.1. The normalized spacial score (nSPS) is 18.3. The van der Waals surface area contributed by atoms with Crippen molar-refractivity contribution < 1.29 is 33.3 Å². The number of carbonyl (C=O) groups excluding carboxylic acids is 2. The number of carbonyl (C=O) groups is 2. The fourth-order valence-electron chi connectivity index (χ4n) is 4.72. The summed E-state index contributed by atoms with van der Waals surface area (Å²) in [6.07, 6.45) is 0.882. The van der Waals surface area contributed by atoms with Crippen molar-refractivity contribution in [2.24, 2.45) is 11.8 Å². The molecule has 9 nitrogen and oxygen atoms in total. The summed E-state index contributed by atoms with van der Waals surface area (Å²) in [5.74, 6) is 2.21. The van der Waals surface area contributed by atoms with Gasteiger partial charge in [0.15, 0.2) is 23.0 Å². The van der Waals surface area contributed by atoms with E-state index < -0.39 is 5.92 Å². The first-order valence-corrected chi connectivity index (χ1v) is 12.1. The summed E-state index contributed by atoms with van der Waals surface area (Å²) in [7, 11) is 4.66. The molecule has 194 valence electrons. The van der Waals surface area contributed by atoms with Gasteiger partial charge < -0.3 is 33.9 Å². The van der Waals surface area contributed by atoms with Crippen LogP contribution in [0.2, 0.25) is 0 Å². The molecule has 9 heteroatoms. The number of fused-ring (bicyclic) bond motifs is 1. The van der Waals surface area contributed by atoms with Crippen LogP contribution in [0.25, 0.3) is 0 Å². The maximum atomic E-state index is 13.5. The van der Waals surface area contributed by atoms with E-state index in [1.54, 1.807) is 44.4 Å². The minimum Gasteiger partial charge on any atom is -0.493 e. The molecule has 2 unspecified atom stereocenters. The van der Waals surface area contributed by atoms with Crippen LogP contribution in [0.5, 0.6) is 28.7 Å². The van der Waals surface area contributed by atoms with Crippen molar-refractivity contribution in [2.75, 3.05) is 47.8 Å². The highest BCUT2D eigenvalue weighted by molar-refractivity contribution is 5.96. The van der Waals surface area contributed by atoms with Crippen LogP contribution in [-0.2, 0) is 4.79 Å². The molecule has 2 aromatic rings. The summed E-state index contributed by atoms with van der Waals surface area (Å²) in [6.45, 7) is 5.62. The molecule has 0 saturated carbocycles. The maximum Gasteiger partial charge on any atom is 0.254 e. The molecule has 1 saturated heterocycles. The van der Waals surface area contributed by atoms with Crippen LogP contribution in [0.15, 0.2) is 30.3 Å². The van der Waals surface area contributed by atoms with Gasteiger partial charge in [0.05, 0.1) is 27.2 Å². The number of amides is 2. The van der Waals surface area contributed by atoms with Crippen molar-refractivity contribution in [3.8, 4) is 28.7 Å². The molecule has 2 aliphatic rings. The number of benzene rings is 2. The topological polar surface area (TPSA) is 95.6 Å². The highest BCUT2D eigenvalue weighted by Gasteiger charge is 2.41. The smallest absolute Gasteiger partial charge is 0.254 e. The van der Waals surface area contributed by atoms with Crippen LogP contribution in [0.3, 0.4) is 0 Å². The van der Waals surface area contributed by atoms with E-state index in [1.807, 2.05) is 12.1 Å². The summed E-state index contributed by atoms with van der Waals surface area (Å²) in [6, 6.07) is 8.86. The van der Waals surface area contributed by atoms with Gasteiger partial charge in [-0.2, -0.15) is 0 Å². The van der Waals surface area contributed by atoms with Crippen molar-refractivity contribution in [1.82, 2.24) is 10.2 Å². The Hall–Kier alpha value is -3.62. The predicted octanol–water partition coefficient (Wildman–Crippen LogP) is 3.46. The summed E-state index contributed by atoms with van der Waals surface area (Å²) >= 11 is 0. The lowest BCUT2D eigenvalue weighted by Gasteiger charge is -2.21. The number of likely N-dealkylation sites (tertiary alicyclic amines) is 1. The number of hydrogen-bond donors (Lipinski definition) is 1. The molecule has 4 rings (SSSR count). The van der Waals surface area contributed by atoms with E-state index in [0.29, 0.717) is 59.9 Å². The largest absolute Gasteiger partial charge is 0.493 e. The van der Waals surface area contributed by atoms with Gasteiger partial charge in [0.2, 0.25) is 18.4 Å². The molecule has 1 fully saturated rings. The van der Waals surface area contributed by atoms with E-state index in [4.69, 9.17) is 23.7 Å². The Morgan fingerprint density at radius 2 is 1.69 bits per heavy atom. The highest BCUT2D eigenvalue weighted by atomic mass is 16.7. The third-order valence-electron chi connectivity index (χ3n) is 6.70. The molecule has 2 atom stereocenters. The Labute approximate surface area is 211 Å². The van der Waals surface area contributed by atoms with E-state index in [1.165, 1.54) is 0 Å². The molecular weight excluding hydrogens is 464 g/mol. The molecule has 2 aromatic carbocycles. The van der Waals surface area contributed by atoms with Gasteiger partial charge in [-0.3, -0.25) is 9.59 Å². The van der Waals surface area contributed by atoms with E-state index in [2.05, 4.69) is 19.2 Å². The van der Waals surface area contributed by atoms with Crippen LogP contribution < -0.4 is 29.0 Å². The molecule has 2 heterocycles. The molecule has 2 amide bonds. The zero-order valence-corrected chi connectivity index (χ0v) is 21.5. The van der Waals surface area contributed by atoms with Crippen LogP contribution in [0.1, 0.15) is 42.1 Å². The Bertz CT molecular complexity index is 1090. The van der Waals surface area contributed by atoms with E-state index in [9.17, 15) is 9.59 Å². The van der Waals surface area contributed by atoms with Crippen LogP contribution in [0, 0.1) is 11.8 Å². The molecule has 0 aliphatic carbocycles. The summed E-state index contributed by atoms with van der Waals surface area (Å²) in [4.78, 5) is 28.5. The molecule has 2 aliphatic heterocycles. The first kappa shape index (κ1) is 25.5. The Morgan fingerprint density at radius 1 is 1.00 bits per heavy atom. The monoisotopic (exact) mass is 498 g/mol. The minimum atomic E-state index is -0.432. The third-order valence-corrected chi connectivity index (χ3v) is 6.70. The second-order valence-corrected chi connectivity index (χ2v) is 9.42. The molecule has 1 N–H and O–H groups in total. The molecular formula is C27H34N2O7. The fourth-order valence-corrected chi connectivity index (χ4v) is 4.72. The second kappa shape index (κ2) is 11.0. The average Bonchev–Trinajstić information content (AvgIpc) is 3.54. The molecule has 36 heavy (non-hydrogen) atoms. The zero-order valence-electron chi connectivity index (χ0n) is 21.5. The highest BCUT2D eigenvalue weighted by Crippen LogP contribution is 2.43. The van der Waals surface area contributed by atoms with Crippen molar-refractivity contribution in [3.05, 3.63) is 41.5 Å². The summed E-state index contributed by atoms with van der Waals surface area (Å²) < 4.78 is 27.4. The van der Waals surface area contributed by atoms with Crippen LogP contribution >= 0.6 is 0 Å². The lowest BCUT2D eigenvalue weighted by atomic mass is 9.87. The SMILES string of the molecule is COc1cc(C2CN(C(=O)c3ccc4c(c3)OCO4)CC2C(=O)NCCC(C)C)cc(OC)c1OC. The summed E-state index contributed by atoms with van der Waals surface area (Å²) in [5, 5.41) is 3.07. The quantitative estimate of drug-likeness (QED) is 0.566. The maximum absolute atomic E-state index is 13.5. The fraction of sp³-hybridized carbons (Fsp3) is 0.481. The Kier molecular flexibility index (Phi) is 7.76. The van der Waals surface area contributed by atoms with Gasteiger partial charge in [-0.1, -0.05) is 13.8 Å².